The number of aliphatic hydroxyl groups excluding tert-OH is 2. The molecule has 0 radical (unpaired) electrons. The van der Waals surface area contributed by atoms with E-state index >= 15 is 0 Å². The van der Waals surface area contributed by atoms with Crippen LogP contribution in [-0.2, 0) is 4.79 Å². The number of unbranched alkanes of at least 4 members (excludes halogenated alkanes) is 26. The Hall–Kier alpha value is -2.43. The van der Waals surface area contributed by atoms with Crippen molar-refractivity contribution >= 4 is 5.91 Å². The van der Waals surface area contributed by atoms with Crippen molar-refractivity contribution in [2.24, 2.45) is 0 Å². The van der Waals surface area contributed by atoms with Crippen molar-refractivity contribution in [2.45, 2.75) is 251 Å². The van der Waals surface area contributed by atoms with Crippen molar-refractivity contribution in [1.29, 1.82) is 0 Å². The summed E-state index contributed by atoms with van der Waals surface area (Å²) < 4.78 is 0. The topological polar surface area (TPSA) is 69.6 Å². The Bertz CT molecular complexity index is 1070. The van der Waals surface area contributed by atoms with Gasteiger partial charge in [0, 0.05) is 6.42 Å². The smallest absolute Gasteiger partial charge is 0.220 e. The number of carbonyl (C=O) groups excluding carboxylic acids is 1. The third-order valence-corrected chi connectivity index (χ3v) is 11.1. The largest absolute Gasteiger partial charge is 0.394 e. The number of rotatable bonds is 45. The Balaban J connectivity index is 3.56. The van der Waals surface area contributed by atoms with Gasteiger partial charge in [-0.1, -0.05) is 247 Å². The molecule has 4 heteroatoms. The van der Waals surface area contributed by atoms with E-state index < -0.39 is 12.1 Å². The number of hydrogen-bond acceptors (Lipinski definition) is 3. The zero-order chi connectivity index (χ0) is 42.8. The Morgan fingerprint density at radius 3 is 1.12 bits per heavy atom. The molecule has 0 aliphatic heterocycles. The molecule has 0 saturated heterocycles. The van der Waals surface area contributed by atoms with E-state index in [0.717, 1.165) is 64.2 Å². The van der Waals surface area contributed by atoms with Crippen molar-refractivity contribution in [3.8, 4) is 0 Å². The summed E-state index contributed by atoms with van der Waals surface area (Å²) in [7, 11) is 0. The first-order chi connectivity index (χ1) is 29.2. The van der Waals surface area contributed by atoms with Gasteiger partial charge in [-0.25, -0.2) is 0 Å². The zero-order valence-corrected chi connectivity index (χ0v) is 39.0. The highest BCUT2D eigenvalue weighted by Gasteiger charge is 2.18. The molecule has 0 aliphatic rings. The summed E-state index contributed by atoms with van der Waals surface area (Å²) in [6.45, 7) is 4.20. The third kappa shape index (κ3) is 46.5. The van der Waals surface area contributed by atoms with Gasteiger partial charge in [0.15, 0.2) is 0 Å². The molecule has 0 rings (SSSR count). The summed E-state index contributed by atoms with van der Waals surface area (Å²) in [5.74, 6) is -0.0687. The fraction of sp³-hybridized carbons (Fsp3) is 0.727. The summed E-state index contributed by atoms with van der Waals surface area (Å²) >= 11 is 0. The molecule has 4 nitrogen and oxygen atoms in total. The van der Waals surface area contributed by atoms with Crippen LogP contribution in [0.5, 0.6) is 0 Å². The SMILES string of the molecule is CC/C=C\C/C=C\C/C=C\C/C=C\C/C=C\C/C=C\CCCCCCCCCCCCCCC(=O)NC(CO)C(O)/C=C/CCCCCCCCCCCCCCCC. The second kappa shape index (κ2) is 49.9. The molecule has 3 N–H and O–H groups in total. The van der Waals surface area contributed by atoms with Crippen LogP contribution in [0.25, 0.3) is 0 Å². The van der Waals surface area contributed by atoms with Crippen LogP contribution in [0.1, 0.15) is 239 Å². The summed E-state index contributed by atoms with van der Waals surface area (Å²) in [6.07, 6.45) is 72.8. The lowest BCUT2D eigenvalue weighted by molar-refractivity contribution is -0.123. The van der Waals surface area contributed by atoms with Crippen molar-refractivity contribution in [2.75, 3.05) is 6.61 Å². The molecular formula is C55H97NO3. The number of carbonyl (C=O) groups is 1. The van der Waals surface area contributed by atoms with Gasteiger partial charge in [-0.3, -0.25) is 4.79 Å². The van der Waals surface area contributed by atoms with Gasteiger partial charge in [-0.05, 0) is 70.6 Å². The fourth-order valence-electron chi connectivity index (χ4n) is 7.30. The average Bonchev–Trinajstić information content (AvgIpc) is 3.24. The van der Waals surface area contributed by atoms with E-state index in [4.69, 9.17) is 0 Å². The first-order valence-electron chi connectivity index (χ1n) is 25.3. The van der Waals surface area contributed by atoms with Crippen LogP contribution in [0.3, 0.4) is 0 Å². The molecule has 0 fully saturated rings. The van der Waals surface area contributed by atoms with E-state index in [1.54, 1.807) is 6.08 Å². The van der Waals surface area contributed by atoms with Gasteiger partial charge in [-0.15, -0.1) is 0 Å². The highest BCUT2D eigenvalue weighted by Crippen LogP contribution is 2.15. The Kier molecular flexibility index (Phi) is 47.9. The Morgan fingerprint density at radius 1 is 0.424 bits per heavy atom. The van der Waals surface area contributed by atoms with Crippen LogP contribution in [0.4, 0.5) is 0 Å². The van der Waals surface area contributed by atoms with Crippen LogP contribution in [0.15, 0.2) is 85.1 Å². The van der Waals surface area contributed by atoms with Crippen molar-refractivity contribution in [1.82, 2.24) is 5.32 Å². The first-order valence-corrected chi connectivity index (χ1v) is 25.3. The standard InChI is InChI=1S/C55H97NO3/c1-3-5-7-9-11-13-15-17-19-21-22-23-24-25-26-27-28-29-30-31-32-33-34-35-37-39-41-43-45-47-49-51-55(59)56-53(52-57)54(58)50-48-46-44-42-40-38-36-20-18-16-14-12-10-8-6-4-2/h5,7,11,13,17,19,22-23,25-26,28-29,48,50,53-54,57-58H,3-4,6,8-10,12,14-16,18,20-21,24,27,30-47,49,51-52H2,1-2H3,(H,56,59)/b7-5-,13-11-,19-17-,23-22-,26-25-,29-28-,50-48+. The van der Waals surface area contributed by atoms with Crippen LogP contribution < -0.4 is 5.32 Å². The average molecular weight is 820 g/mol. The molecular weight excluding hydrogens is 723 g/mol. The number of aliphatic hydroxyl groups is 2. The maximum absolute atomic E-state index is 12.4. The maximum atomic E-state index is 12.4. The highest BCUT2D eigenvalue weighted by atomic mass is 16.3. The van der Waals surface area contributed by atoms with Crippen LogP contribution >= 0.6 is 0 Å². The maximum Gasteiger partial charge on any atom is 0.220 e. The molecule has 2 atom stereocenters. The van der Waals surface area contributed by atoms with Crippen molar-refractivity contribution in [3.05, 3.63) is 85.1 Å². The third-order valence-electron chi connectivity index (χ3n) is 11.1. The molecule has 340 valence electrons. The Labute approximate surface area is 367 Å². The second-order valence-electron chi connectivity index (χ2n) is 16.9. The Morgan fingerprint density at radius 2 is 0.746 bits per heavy atom. The van der Waals surface area contributed by atoms with Crippen LogP contribution in [0, 0.1) is 0 Å². The molecule has 0 spiro atoms. The van der Waals surface area contributed by atoms with Gasteiger partial charge in [0.25, 0.3) is 0 Å². The number of hydrogen-bond donors (Lipinski definition) is 3. The van der Waals surface area contributed by atoms with E-state index in [0.29, 0.717) is 6.42 Å². The van der Waals surface area contributed by atoms with E-state index in [9.17, 15) is 15.0 Å². The molecule has 0 aliphatic carbocycles. The number of allylic oxidation sites excluding steroid dienone is 13. The van der Waals surface area contributed by atoms with E-state index in [-0.39, 0.29) is 12.5 Å². The summed E-state index contributed by atoms with van der Waals surface area (Å²) in [5.41, 5.74) is 0. The quantitative estimate of drug-likeness (QED) is 0.0423. The minimum Gasteiger partial charge on any atom is -0.394 e. The minimum absolute atomic E-state index is 0.0687. The molecule has 0 aromatic carbocycles. The lowest BCUT2D eigenvalue weighted by Crippen LogP contribution is -2.45. The molecule has 0 bridgehead atoms. The molecule has 59 heavy (non-hydrogen) atoms. The lowest BCUT2D eigenvalue weighted by Gasteiger charge is -2.20. The van der Waals surface area contributed by atoms with E-state index in [1.807, 2.05) is 6.08 Å². The first kappa shape index (κ1) is 56.6. The molecule has 0 heterocycles. The normalized spacial score (nSPS) is 13.6. The monoisotopic (exact) mass is 820 g/mol. The summed E-state index contributed by atoms with van der Waals surface area (Å²) in [6, 6.07) is -0.627. The van der Waals surface area contributed by atoms with Gasteiger partial charge in [0.2, 0.25) is 5.91 Å². The van der Waals surface area contributed by atoms with Gasteiger partial charge in [0.1, 0.15) is 0 Å². The molecule has 0 aromatic heterocycles. The van der Waals surface area contributed by atoms with Crippen LogP contribution in [-0.4, -0.2) is 34.9 Å². The molecule has 0 saturated carbocycles. The zero-order valence-electron chi connectivity index (χ0n) is 39.0. The van der Waals surface area contributed by atoms with Gasteiger partial charge >= 0.3 is 0 Å². The fourth-order valence-corrected chi connectivity index (χ4v) is 7.30. The van der Waals surface area contributed by atoms with Gasteiger partial charge in [0.05, 0.1) is 18.8 Å². The van der Waals surface area contributed by atoms with Gasteiger partial charge in [-0.2, -0.15) is 0 Å². The van der Waals surface area contributed by atoms with Crippen molar-refractivity contribution < 1.29 is 15.0 Å². The predicted octanol–water partition coefficient (Wildman–Crippen LogP) is 16.4. The summed E-state index contributed by atoms with van der Waals surface area (Å²) in [4.78, 5) is 12.4. The van der Waals surface area contributed by atoms with E-state index in [1.165, 1.54) is 154 Å². The minimum atomic E-state index is -0.844. The number of nitrogens with one attached hydrogen (secondary N) is 1. The molecule has 0 aromatic rings. The molecule has 1 amide bonds. The highest BCUT2D eigenvalue weighted by molar-refractivity contribution is 5.76. The second-order valence-corrected chi connectivity index (χ2v) is 16.9. The number of amides is 1. The van der Waals surface area contributed by atoms with Crippen LogP contribution in [0.2, 0.25) is 0 Å². The summed E-state index contributed by atoms with van der Waals surface area (Å²) in [5, 5.41) is 23.1. The van der Waals surface area contributed by atoms with Crippen molar-refractivity contribution in [3.63, 3.8) is 0 Å². The predicted molar refractivity (Wildman–Crippen MR) is 262 cm³/mol. The molecule has 2 unspecified atom stereocenters. The lowest BCUT2D eigenvalue weighted by atomic mass is 10.0. The van der Waals surface area contributed by atoms with E-state index in [2.05, 4.69) is 92.1 Å². The van der Waals surface area contributed by atoms with Gasteiger partial charge < -0.3 is 15.5 Å².